The number of aromatic nitrogens is 1. The molecule has 0 radical (unpaired) electrons. The topological polar surface area (TPSA) is 62.1 Å². The van der Waals surface area contributed by atoms with Crippen molar-refractivity contribution in [1.82, 2.24) is 4.57 Å². The molecule has 7 heteroatoms. The van der Waals surface area contributed by atoms with Gasteiger partial charge in [-0.05, 0) is 49.9 Å². The Morgan fingerprint density at radius 1 is 1.12 bits per heavy atom. The van der Waals surface area contributed by atoms with E-state index in [9.17, 15) is 13.0 Å². The van der Waals surface area contributed by atoms with Crippen molar-refractivity contribution < 1.29 is 13.0 Å². The fourth-order valence-electron chi connectivity index (χ4n) is 2.25. The van der Waals surface area contributed by atoms with E-state index in [0.29, 0.717) is 0 Å². The van der Waals surface area contributed by atoms with E-state index in [4.69, 9.17) is 0 Å². The largest absolute Gasteiger partial charge is 0.744 e. The van der Waals surface area contributed by atoms with Crippen molar-refractivity contribution in [2.24, 2.45) is 0 Å². The fourth-order valence-corrected chi connectivity index (χ4v) is 5.16. The normalized spacial score (nSPS) is 11.2. The third-order valence-corrected chi connectivity index (χ3v) is 6.64. The van der Waals surface area contributed by atoms with Gasteiger partial charge in [0.15, 0.2) is 4.70 Å². The Balaban J connectivity index is 0.000000186. The van der Waals surface area contributed by atoms with Crippen molar-refractivity contribution in [2.45, 2.75) is 36.6 Å². The van der Waals surface area contributed by atoms with Crippen LogP contribution in [-0.2, 0) is 16.7 Å². The summed E-state index contributed by atoms with van der Waals surface area (Å²) >= 11 is 3.83. The maximum Gasteiger partial charge on any atom is 0.237 e. The maximum atomic E-state index is 10.4. The number of aryl methyl sites for hydroxylation is 2. The molecule has 1 aromatic heterocycles. The zero-order chi connectivity index (χ0) is 18.4. The van der Waals surface area contributed by atoms with Crippen LogP contribution < -0.4 is 0 Å². The molecule has 0 amide bonds. The number of hydrogen-bond acceptors (Lipinski definition) is 5. The van der Waals surface area contributed by atoms with Crippen molar-refractivity contribution in [3.63, 3.8) is 0 Å². The Morgan fingerprint density at radius 2 is 1.76 bits per heavy atom. The van der Waals surface area contributed by atoms with Gasteiger partial charge in [-0.25, -0.2) is 13.0 Å². The average Bonchev–Trinajstić information content (AvgIpc) is 2.92. The van der Waals surface area contributed by atoms with Crippen LogP contribution in [0, 0.1) is 6.92 Å². The molecular formula is C18H21NO3S3. The van der Waals surface area contributed by atoms with Gasteiger partial charge in [-0.2, -0.15) is 0 Å². The van der Waals surface area contributed by atoms with E-state index in [2.05, 4.69) is 42.7 Å². The van der Waals surface area contributed by atoms with E-state index >= 15 is 0 Å². The molecule has 3 rings (SSSR count). The summed E-state index contributed by atoms with van der Waals surface area (Å²) in [5, 5.41) is 0. The van der Waals surface area contributed by atoms with Crippen LogP contribution in [-0.4, -0.2) is 23.3 Å². The molecule has 0 saturated carbocycles. The van der Waals surface area contributed by atoms with E-state index in [-0.39, 0.29) is 4.90 Å². The third kappa shape index (κ3) is 5.28. The lowest BCUT2D eigenvalue weighted by Crippen LogP contribution is -1.97. The number of benzene rings is 2. The van der Waals surface area contributed by atoms with Crippen molar-refractivity contribution in [2.75, 3.05) is 5.75 Å². The SMILES string of the molecule is CCS[c+]1sc2ccccc2n1CC.Cc1ccc(S(=O)(=O)[O-])cc1. The first-order chi connectivity index (χ1) is 11.9. The molecule has 0 unspecified atom stereocenters. The van der Waals surface area contributed by atoms with Gasteiger partial charge in [0.2, 0.25) is 9.86 Å². The predicted molar refractivity (Wildman–Crippen MR) is 105 cm³/mol. The van der Waals surface area contributed by atoms with Crippen LogP contribution in [0.15, 0.2) is 57.8 Å². The summed E-state index contributed by atoms with van der Waals surface area (Å²) in [5.74, 6) is 1.15. The molecule has 134 valence electrons. The average molecular weight is 396 g/mol. The van der Waals surface area contributed by atoms with E-state index in [0.717, 1.165) is 17.9 Å². The second-order valence-corrected chi connectivity index (χ2v) is 9.20. The van der Waals surface area contributed by atoms with Crippen LogP contribution in [0.25, 0.3) is 10.2 Å². The number of para-hydroxylation sites is 1. The summed E-state index contributed by atoms with van der Waals surface area (Å²) in [5.41, 5.74) is 2.30. The van der Waals surface area contributed by atoms with E-state index in [1.54, 1.807) is 12.1 Å². The molecule has 0 bridgehead atoms. The second kappa shape index (κ2) is 8.80. The van der Waals surface area contributed by atoms with Gasteiger partial charge in [0.25, 0.3) is 0 Å². The molecule has 25 heavy (non-hydrogen) atoms. The van der Waals surface area contributed by atoms with Gasteiger partial charge >= 0.3 is 0 Å². The van der Waals surface area contributed by atoms with Gasteiger partial charge in [-0.3, -0.25) is 0 Å². The molecule has 0 spiro atoms. The Labute approximate surface area is 157 Å². The van der Waals surface area contributed by atoms with Gasteiger partial charge < -0.3 is 4.55 Å². The maximum absolute atomic E-state index is 10.4. The van der Waals surface area contributed by atoms with Gasteiger partial charge in [0.1, 0.15) is 10.1 Å². The minimum Gasteiger partial charge on any atom is -0.744 e. The first kappa shape index (κ1) is 19.9. The molecule has 0 atom stereocenters. The number of rotatable bonds is 4. The van der Waals surface area contributed by atoms with E-state index in [1.807, 2.05) is 30.0 Å². The van der Waals surface area contributed by atoms with Crippen LogP contribution in [0.3, 0.4) is 0 Å². The predicted octanol–water partition coefficient (Wildman–Crippen LogP) is 5.01. The highest BCUT2D eigenvalue weighted by molar-refractivity contribution is 8.01. The lowest BCUT2D eigenvalue weighted by molar-refractivity contribution is 0.463. The summed E-state index contributed by atoms with van der Waals surface area (Å²) in [6.45, 7) is 7.29. The fraction of sp³-hybridized carbons (Fsp3) is 0.278. The minimum absolute atomic E-state index is 0.178. The molecule has 0 saturated heterocycles. The molecule has 0 fully saturated rings. The van der Waals surface area contributed by atoms with Crippen LogP contribution in [0.4, 0.5) is 0 Å². The van der Waals surface area contributed by atoms with Gasteiger partial charge in [-0.1, -0.05) is 24.6 Å². The molecule has 4 nitrogen and oxygen atoms in total. The zero-order valence-corrected chi connectivity index (χ0v) is 16.9. The lowest BCUT2D eigenvalue weighted by Gasteiger charge is -2.05. The Morgan fingerprint density at radius 3 is 2.32 bits per heavy atom. The van der Waals surface area contributed by atoms with Crippen molar-refractivity contribution in [3.8, 4) is 0 Å². The summed E-state index contributed by atoms with van der Waals surface area (Å²) < 4.78 is 36.4. The highest BCUT2D eigenvalue weighted by atomic mass is 32.2. The second-order valence-electron chi connectivity index (χ2n) is 5.28. The van der Waals surface area contributed by atoms with E-state index in [1.165, 1.54) is 26.7 Å². The van der Waals surface area contributed by atoms with Crippen LogP contribution in [0.2, 0.25) is 0 Å². The Kier molecular flexibility index (Phi) is 7.01. The number of thiazole rings is 1. The van der Waals surface area contributed by atoms with Gasteiger partial charge in [0, 0.05) is 29.2 Å². The molecule has 0 aliphatic heterocycles. The first-order valence-electron chi connectivity index (χ1n) is 7.93. The summed E-state index contributed by atoms with van der Waals surface area (Å²) in [4.78, 5) is -0.178. The van der Waals surface area contributed by atoms with Crippen molar-refractivity contribution >= 4 is 43.4 Å². The third-order valence-electron chi connectivity index (χ3n) is 3.47. The molecular weight excluding hydrogens is 374 g/mol. The molecule has 0 N–H and O–H groups in total. The smallest absolute Gasteiger partial charge is 0.237 e. The van der Waals surface area contributed by atoms with Crippen LogP contribution in [0.5, 0.6) is 0 Å². The lowest BCUT2D eigenvalue weighted by atomic mass is 10.2. The van der Waals surface area contributed by atoms with Crippen molar-refractivity contribution in [1.29, 1.82) is 0 Å². The molecule has 1 heterocycles. The zero-order valence-electron chi connectivity index (χ0n) is 14.4. The van der Waals surface area contributed by atoms with Gasteiger partial charge in [-0.15, -0.1) is 0 Å². The van der Waals surface area contributed by atoms with Crippen LogP contribution in [0.1, 0.15) is 19.4 Å². The Bertz CT molecular complexity index is 932. The first-order valence-corrected chi connectivity index (χ1v) is 11.1. The summed E-state index contributed by atoms with van der Waals surface area (Å²) in [6.07, 6.45) is 0. The standard InChI is InChI=1S/C11H14NS2.C7H8O3S/c1-3-12-9-7-5-6-8-10(9)14-11(12)13-4-2;1-6-2-4-7(5-3-6)11(8,9)10/h5-8H,3-4H2,1-2H3;2-5H,1H3,(H,8,9,10)/q+1;/p-1. The summed E-state index contributed by atoms with van der Waals surface area (Å²) in [6, 6.07) is 14.4. The van der Waals surface area contributed by atoms with E-state index < -0.39 is 10.1 Å². The van der Waals surface area contributed by atoms with Crippen molar-refractivity contribution in [3.05, 3.63) is 54.1 Å². The number of fused-ring (bicyclic) bond motifs is 1. The quantitative estimate of drug-likeness (QED) is 0.354. The van der Waals surface area contributed by atoms with Gasteiger partial charge in [0.05, 0.1) is 11.4 Å². The number of nitrogens with zero attached hydrogens (tertiary/aromatic N) is 1. The monoisotopic (exact) mass is 395 g/mol. The summed E-state index contributed by atoms with van der Waals surface area (Å²) in [7, 11) is -4.27. The van der Waals surface area contributed by atoms with Crippen LogP contribution >= 0.6 is 23.1 Å². The Hall–Kier alpha value is -1.41. The molecule has 3 aromatic rings. The molecule has 0 aliphatic carbocycles. The molecule has 2 aromatic carbocycles. The minimum atomic E-state index is -4.27. The molecule has 0 aliphatic rings. The number of thioether (sulfide) groups is 1. The highest BCUT2D eigenvalue weighted by Crippen LogP contribution is 2.32. The number of hydrogen-bond donors (Lipinski definition) is 0. The highest BCUT2D eigenvalue weighted by Gasteiger charge is 2.17.